The molecule has 2 heterocycles. The van der Waals surface area contributed by atoms with Crippen LogP contribution in [0.2, 0.25) is 5.02 Å². The highest BCUT2D eigenvalue weighted by atomic mass is 35.5. The average Bonchev–Trinajstić information content (AvgIpc) is 2.76. The molecule has 3 aromatic rings. The Labute approximate surface area is 175 Å². The molecule has 0 bridgehead atoms. The molecule has 4 rings (SSSR count). The molecular weight excluding hydrogens is 386 g/mol. The molecule has 0 unspecified atom stereocenters. The number of hydrogen-bond donors (Lipinski definition) is 1. The van der Waals surface area contributed by atoms with Gasteiger partial charge in [-0.25, -0.2) is 0 Å². The molecule has 1 aromatic heterocycles. The quantitative estimate of drug-likeness (QED) is 0.692. The van der Waals surface area contributed by atoms with Crippen molar-refractivity contribution in [3.63, 3.8) is 0 Å². The standard InChI is InChI=1S/C23H22ClN3O2/c24-19-8-2-1-5-18(19)14-27-11-12-29-22(15-27)21-10-4-9-20(26-21)16-6-3-7-17(13-16)23(25)28/h1-10,13,22H,11-12,14-15H2,(H2,25,28)/t22-/m0/s1. The number of hydrogen-bond acceptors (Lipinski definition) is 4. The lowest BCUT2D eigenvalue weighted by atomic mass is 10.1. The van der Waals surface area contributed by atoms with Gasteiger partial charge in [-0.05, 0) is 35.9 Å². The number of morpholine rings is 1. The van der Waals surface area contributed by atoms with E-state index < -0.39 is 5.91 Å². The summed E-state index contributed by atoms with van der Waals surface area (Å²) >= 11 is 6.32. The van der Waals surface area contributed by atoms with Gasteiger partial charge in [0.2, 0.25) is 5.91 Å². The topological polar surface area (TPSA) is 68.5 Å². The van der Waals surface area contributed by atoms with Crippen LogP contribution in [0.1, 0.15) is 27.7 Å². The largest absolute Gasteiger partial charge is 0.369 e. The Balaban J connectivity index is 1.53. The van der Waals surface area contributed by atoms with Crippen LogP contribution in [0.15, 0.2) is 66.7 Å². The van der Waals surface area contributed by atoms with Crippen LogP contribution in [0.3, 0.4) is 0 Å². The number of pyridine rings is 1. The van der Waals surface area contributed by atoms with E-state index in [0.29, 0.717) is 12.2 Å². The lowest BCUT2D eigenvalue weighted by Gasteiger charge is -2.33. The summed E-state index contributed by atoms with van der Waals surface area (Å²) in [7, 11) is 0. The number of ether oxygens (including phenoxy) is 1. The van der Waals surface area contributed by atoms with Gasteiger partial charge in [-0.3, -0.25) is 14.7 Å². The predicted octanol–water partition coefficient (Wildman–Crippen LogP) is 4.07. The zero-order valence-electron chi connectivity index (χ0n) is 15.9. The van der Waals surface area contributed by atoms with E-state index in [1.807, 2.05) is 48.5 Å². The van der Waals surface area contributed by atoms with Crippen molar-refractivity contribution in [1.29, 1.82) is 0 Å². The van der Waals surface area contributed by atoms with Gasteiger partial charge >= 0.3 is 0 Å². The Kier molecular flexibility index (Phi) is 5.90. The molecule has 1 saturated heterocycles. The Hall–Kier alpha value is -2.73. The van der Waals surface area contributed by atoms with Gasteiger partial charge in [0.05, 0.1) is 18.0 Å². The number of aromatic nitrogens is 1. The summed E-state index contributed by atoms with van der Waals surface area (Å²) < 4.78 is 6.00. The molecule has 2 N–H and O–H groups in total. The number of carbonyl (C=O) groups is 1. The molecule has 1 aliphatic heterocycles. The third-order valence-corrected chi connectivity index (χ3v) is 5.41. The smallest absolute Gasteiger partial charge is 0.248 e. The van der Waals surface area contributed by atoms with Crippen molar-refractivity contribution in [2.75, 3.05) is 19.7 Å². The van der Waals surface area contributed by atoms with Crippen molar-refractivity contribution in [1.82, 2.24) is 9.88 Å². The number of benzene rings is 2. The Morgan fingerprint density at radius 2 is 1.97 bits per heavy atom. The predicted molar refractivity (Wildman–Crippen MR) is 114 cm³/mol. The number of carbonyl (C=O) groups excluding carboxylic acids is 1. The van der Waals surface area contributed by atoms with Gasteiger partial charge in [-0.15, -0.1) is 0 Å². The second kappa shape index (κ2) is 8.74. The Morgan fingerprint density at radius 3 is 2.79 bits per heavy atom. The maximum Gasteiger partial charge on any atom is 0.248 e. The minimum atomic E-state index is -0.450. The van der Waals surface area contributed by atoms with E-state index in [0.717, 1.165) is 47.2 Å². The zero-order valence-corrected chi connectivity index (χ0v) is 16.7. The van der Waals surface area contributed by atoms with Crippen molar-refractivity contribution in [2.24, 2.45) is 5.73 Å². The van der Waals surface area contributed by atoms with Crippen molar-refractivity contribution < 1.29 is 9.53 Å². The molecule has 1 amide bonds. The molecule has 29 heavy (non-hydrogen) atoms. The maximum absolute atomic E-state index is 11.5. The van der Waals surface area contributed by atoms with Crippen LogP contribution in [0.25, 0.3) is 11.3 Å². The highest BCUT2D eigenvalue weighted by molar-refractivity contribution is 6.31. The van der Waals surface area contributed by atoms with Crippen LogP contribution in [0.4, 0.5) is 0 Å². The van der Waals surface area contributed by atoms with Crippen molar-refractivity contribution >= 4 is 17.5 Å². The fourth-order valence-electron chi connectivity index (χ4n) is 3.52. The number of primary amides is 1. The molecule has 0 aliphatic carbocycles. The third-order valence-electron chi connectivity index (χ3n) is 5.05. The number of nitrogens with two attached hydrogens (primary N) is 1. The molecule has 1 aliphatic rings. The fraction of sp³-hybridized carbons (Fsp3) is 0.217. The van der Waals surface area contributed by atoms with Gasteiger partial charge in [0.25, 0.3) is 0 Å². The molecule has 0 radical (unpaired) electrons. The second-order valence-electron chi connectivity index (χ2n) is 7.08. The van der Waals surface area contributed by atoms with Gasteiger partial charge in [-0.2, -0.15) is 0 Å². The van der Waals surface area contributed by atoms with E-state index in [2.05, 4.69) is 11.0 Å². The zero-order chi connectivity index (χ0) is 20.2. The maximum atomic E-state index is 11.5. The first-order valence-corrected chi connectivity index (χ1v) is 9.92. The monoisotopic (exact) mass is 407 g/mol. The first-order chi connectivity index (χ1) is 14.1. The second-order valence-corrected chi connectivity index (χ2v) is 7.49. The van der Waals surface area contributed by atoms with E-state index in [9.17, 15) is 4.79 Å². The van der Waals surface area contributed by atoms with Crippen LogP contribution in [-0.2, 0) is 11.3 Å². The van der Waals surface area contributed by atoms with E-state index in [-0.39, 0.29) is 6.10 Å². The van der Waals surface area contributed by atoms with Crippen LogP contribution in [0, 0.1) is 0 Å². The highest BCUT2D eigenvalue weighted by Crippen LogP contribution is 2.26. The van der Waals surface area contributed by atoms with Crippen LogP contribution >= 0.6 is 11.6 Å². The summed E-state index contributed by atoms with van der Waals surface area (Å²) in [5.74, 6) is -0.450. The van der Waals surface area contributed by atoms with Gasteiger partial charge in [0, 0.05) is 35.8 Å². The summed E-state index contributed by atoms with van der Waals surface area (Å²) in [6, 6.07) is 21.0. The minimum Gasteiger partial charge on any atom is -0.369 e. The van der Waals surface area contributed by atoms with Gasteiger partial charge in [0.15, 0.2) is 0 Å². The number of halogens is 1. The number of amides is 1. The molecule has 0 saturated carbocycles. The molecule has 1 atom stereocenters. The van der Waals surface area contributed by atoms with E-state index in [1.165, 1.54) is 0 Å². The molecule has 5 nitrogen and oxygen atoms in total. The molecular formula is C23H22ClN3O2. The average molecular weight is 408 g/mol. The summed E-state index contributed by atoms with van der Waals surface area (Å²) in [4.78, 5) is 18.6. The number of rotatable bonds is 5. The van der Waals surface area contributed by atoms with Gasteiger partial charge in [0.1, 0.15) is 6.10 Å². The first-order valence-electron chi connectivity index (χ1n) is 9.55. The summed E-state index contributed by atoms with van der Waals surface area (Å²) in [5, 5.41) is 0.782. The fourth-order valence-corrected chi connectivity index (χ4v) is 3.71. The SMILES string of the molecule is NC(=O)c1cccc(-c2cccc([C@@H]3CN(Cc4ccccc4Cl)CCO3)n2)c1. The third kappa shape index (κ3) is 4.65. The molecule has 2 aromatic carbocycles. The van der Waals surface area contributed by atoms with E-state index in [4.69, 9.17) is 27.1 Å². The summed E-state index contributed by atoms with van der Waals surface area (Å²) in [6.45, 7) is 3.00. The van der Waals surface area contributed by atoms with Crippen LogP contribution in [-0.4, -0.2) is 35.5 Å². The van der Waals surface area contributed by atoms with Gasteiger partial charge in [-0.1, -0.05) is 48.0 Å². The molecule has 148 valence electrons. The molecule has 6 heteroatoms. The van der Waals surface area contributed by atoms with Crippen LogP contribution < -0.4 is 5.73 Å². The van der Waals surface area contributed by atoms with Crippen molar-refractivity contribution in [3.05, 3.63) is 88.6 Å². The Morgan fingerprint density at radius 1 is 1.14 bits per heavy atom. The van der Waals surface area contributed by atoms with Gasteiger partial charge < -0.3 is 10.5 Å². The lowest BCUT2D eigenvalue weighted by Crippen LogP contribution is -2.38. The summed E-state index contributed by atoms with van der Waals surface area (Å²) in [5.41, 5.74) is 9.49. The van der Waals surface area contributed by atoms with Crippen molar-refractivity contribution in [2.45, 2.75) is 12.6 Å². The first kappa shape index (κ1) is 19.6. The van der Waals surface area contributed by atoms with E-state index >= 15 is 0 Å². The minimum absolute atomic E-state index is 0.120. The Bertz CT molecular complexity index is 1020. The molecule has 0 spiro atoms. The normalized spacial score (nSPS) is 17.2. The van der Waals surface area contributed by atoms with E-state index in [1.54, 1.807) is 12.1 Å². The number of nitrogens with zero attached hydrogens (tertiary/aromatic N) is 2. The molecule has 1 fully saturated rings. The summed E-state index contributed by atoms with van der Waals surface area (Å²) in [6.07, 6.45) is -0.120. The van der Waals surface area contributed by atoms with Crippen molar-refractivity contribution in [3.8, 4) is 11.3 Å². The lowest BCUT2D eigenvalue weighted by molar-refractivity contribution is -0.0349. The highest BCUT2D eigenvalue weighted by Gasteiger charge is 2.24. The van der Waals surface area contributed by atoms with Crippen LogP contribution in [0.5, 0.6) is 0 Å².